The Bertz CT molecular complexity index is 1220. The summed E-state index contributed by atoms with van der Waals surface area (Å²) in [6.45, 7) is -0.584. The average Bonchev–Trinajstić information content (AvgIpc) is 2.77. The van der Waals surface area contributed by atoms with Crippen LogP contribution in [-0.4, -0.2) is 25.0 Å². The number of amides is 2. The number of rotatable bonds is 6. The highest BCUT2D eigenvalue weighted by molar-refractivity contribution is 6.35. The zero-order valence-corrected chi connectivity index (χ0v) is 19.2. The van der Waals surface area contributed by atoms with Crippen molar-refractivity contribution in [2.75, 3.05) is 23.4 Å². The minimum Gasteiger partial charge on any atom is -0.482 e. The third kappa shape index (κ3) is 5.33. The van der Waals surface area contributed by atoms with Crippen molar-refractivity contribution in [3.63, 3.8) is 0 Å². The van der Waals surface area contributed by atoms with Gasteiger partial charge in [-0.15, -0.1) is 0 Å². The van der Waals surface area contributed by atoms with Crippen molar-refractivity contribution < 1.29 is 23.5 Å². The molecule has 2 amide bonds. The number of hydrogen-bond acceptors (Lipinski definition) is 4. The van der Waals surface area contributed by atoms with Gasteiger partial charge in [0, 0.05) is 21.3 Å². The first-order chi connectivity index (χ1) is 15.8. The summed E-state index contributed by atoms with van der Waals surface area (Å²) in [6, 6.07) is 13.8. The fraction of sp³-hybridized carbons (Fsp3) is 0.130. The van der Waals surface area contributed by atoms with Crippen molar-refractivity contribution in [2.24, 2.45) is 0 Å². The molecule has 1 aliphatic rings. The molecule has 1 heterocycles. The van der Waals surface area contributed by atoms with E-state index in [9.17, 15) is 14.0 Å². The molecule has 0 radical (unpaired) electrons. The number of nitrogens with zero attached hydrogens (tertiary/aromatic N) is 1. The van der Waals surface area contributed by atoms with Crippen molar-refractivity contribution in [3.8, 4) is 11.5 Å². The summed E-state index contributed by atoms with van der Waals surface area (Å²) in [6.07, 6.45) is 0. The fourth-order valence-corrected chi connectivity index (χ4v) is 3.91. The van der Waals surface area contributed by atoms with E-state index in [-0.39, 0.29) is 41.3 Å². The number of benzene rings is 3. The van der Waals surface area contributed by atoms with Gasteiger partial charge >= 0.3 is 0 Å². The second-order valence-corrected chi connectivity index (χ2v) is 8.31. The maximum absolute atomic E-state index is 14.3. The van der Waals surface area contributed by atoms with Gasteiger partial charge in [0.2, 0.25) is 0 Å². The molecule has 6 nitrogen and oxygen atoms in total. The van der Waals surface area contributed by atoms with E-state index in [1.54, 1.807) is 36.4 Å². The van der Waals surface area contributed by atoms with Gasteiger partial charge in [-0.3, -0.25) is 9.59 Å². The summed E-state index contributed by atoms with van der Waals surface area (Å²) in [5.41, 5.74) is 0.959. The second-order valence-electron chi connectivity index (χ2n) is 7.06. The molecule has 0 fully saturated rings. The third-order valence-corrected chi connectivity index (χ3v) is 5.70. The van der Waals surface area contributed by atoms with Gasteiger partial charge < -0.3 is 19.7 Å². The first kappa shape index (κ1) is 23.2. The first-order valence-electron chi connectivity index (χ1n) is 9.69. The van der Waals surface area contributed by atoms with Crippen molar-refractivity contribution in [3.05, 3.63) is 81.0 Å². The van der Waals surface area contributed by atoms with E-state index in [0.717, 1.165) is 0 Å². The van der Waals surface area contributed by atoms with E-state index < -0.39 is 11.7 Å². The molecule has 10 heteroatoms. The number of carbonyl (C=O) groups is 2. The molecule has 0 aliphatic carbocycles. The lowest BCUT2D eigenvalue weighted by Gasteiger charge is -2.30. The topological polar surface area (TPSA) is 67.9 Å². The SMILES string of the molecule is O=C(COc1ccc(Cl)cc1Cl)Nc1ccc2c(c1)N(Cc1c(F)cccc1Cl)C(=O)CO2. The Labute approximate surface area is 203 Å². The molecular formula is C23H16Cl3FN2O4. The maximum Gasteiger partial charge on any atom is 0.265 e. The molecule has 33 heavy (non-hydrogen) atoms. The van der Waals surface area contributed by atoms with Crippen LogP contribution in [0.5, 0.6) is 11.5 Å². The van der Waals surface area contributed by atoms with E-state index in [1.165, 1.54) is 23.1 Å². The Morgan fingerprint density at radius 3 is 2.67 bits per heavy atom. The smallest absolute Gasteiger partial charge is 0.265 e. The third-order valence-electron chi connectivity index (χ3n) is 4.82. The van der Waals surface area contributed by atoms with Crippen LogP contribution in [-0.2, 0) is 16.1 Å². The molecule has 0 saturated heterocycles. The number of halogens is 4. The molecule has 170 valence electrons. The Hall–Kier alpha value is -3.00. The standard InChI is InChI=1S/C23H16Cl3FN2O4/c24-13-4-6-20(17(26)8-13)32-11-22(30)28-14-5-7-21-19(9-14)29(23(31)12-33-21)10-15-16(25)2-1-3-18(15)27/h1-9H,10-12H2,(H,28,30). The Balaban J connectivity index is 1.50. The Morgan fingerprint density at radius 2 is 1.91 bits per heavy atom. The number of fused-ring (bicyclic) bond motifs is 1. The average molecular weight is 510 g/mol. The molecule has 0 atom stereocenters. The van der Waals surface area contributed by atoms with Crippen molar-refractivity contribution in [1.29, 1.82) is 0 Å². The molecular weight excluding hydrogens is 494 g/mol. The van der Waals surface area contributed by atoms with E-state index in [0.29, 0.717) is 27.9 Å². The second kappa shape index (κ2) is 9.87. The molecule has 1 N–H and O–H groups in total. The van der Waals surface area contributed by atoms with Crippen LogP contribution >= 0.6 is 34.8 Å². The highest BCUT2D eigenvalue weighted by Crippen LogP contribution is 2.36. The van der Waals surface area contributed by atoms with Crippen LogP contribution in [0.2, 0.25) is 15.1 Å². The lowest BCUT2D eigenvalue weighted by Crippen LogP contribution is -2.38. The Kier molecular flexibility index (Phi) is 6.93. The van der Waals surface area contributed by atoms with Gasteiger partial charge in [0.15, 0.2) is 13.2 Å². The molecule has 0 bridgehead atoms. The summed E-state index contributed by atoms with van der Waals surface area (Å²) >= 11 is 18.0. The Morgan fingerprint density at radius 1 is 1.09 bits per heavy atom. The minimum atomic E-state index is -0.522. The van der Waals surface area contributed by atoms with E-state index in [2.05, 4.69) is 5.32 Å². The number of hydrogen-bond donors (Lipinski definition) is 1. The van der Waals surface area contributed by atoms with E-state index >= 15 is 0 Å². The number of ether oxygens (including phenoxy) is 2. The van der Waals surface area contributed by atoms with Crippen molar-refractivity contribution in [1.82, 2.24) is 0 Å². The molecule has 0 saturated carbocycles. The number of carbonyl (C=O) groups excluding carboxylic acids is 2. The minimum absolute atomic E-state index is 0.0870. The monoisotopic (exact) mass is 508 g/mol. The highest BCUT2D eigenvalue weighted by Gasteiger charge is 2.27. The van der Waals surface area contributed by atoms with Crippen molar-refractivity contribution >= 4 is 58.0 Å². The van der Waals surface area contributed by atoms with Crippen LogP contribution in [0, 0.1) is 5.82 Å². The zero-order valence-electron chi connectivity index (χ0n) is 16.9. The lowest BCUT2D eigenvalue weighted by atomic mass is 10.1. The van der Waals surface area contributed by atoms with Crippen LogP contribution in [0.4, 0.5) is 15.8 Å². The number of anilines is 2. The van der Waals surface area contributed by atoms with E-state index in [4.69, 9.17) is 44.3 Å². The van der Waals surface area contributed by atoms with Crippen LogP contribution in [0.25, 0.3) is 0 Å². The highest BCUT2D eigenvalue weighted by atomic mass is 35.5. The van der Waals surface area contributed by atoms with Gasteiger partial charge in [-0.25, -0.2) is 4.39 Å². The molecule has 3 aromatic rings. The largest absolute Gasteiger partial charge is 0.482 e. The van der Waals surface area contributed by atoms with Gasteiger partial charge in [0.1, 0.15) is 17.3 Å². The van der Waals surface area contributed by atoms with Crippen LogP contribution in [0.3, 0.4) is 0 Å². The van der Waals surface area contributed by atoms with Gasteiger partial charge in [-0.2, -0.15) is 0 Å². The zero-order chi connectivity index (χ0) is 23.5. The predicted octanol–water partition coefficient (Wildman–Crippen LogP) is 5.73. The first-order valence-corrected chi connectivity index (χ1v) is 10.8. The van der Waals surface area contributed by atoms with Gasteiger partial charge in [0.25, 0.3) is 11.8 Å². The molecule has 0 aromatic heterocycles. The lowest BCUT2D eigenvalue weighted by molar-refractivity contribution is -0.121. The summed E-state index contributed by atoms with van der Waals surface area (Å²) in [7, 11) is 0. The summed E-state index contributed by atoms with van der Waals surface area (Å²) < 4.78 is 25.2. The normalized spacial score (nSPS) is 12.7. The summed E-state index contributed by atoms with van der Waals surface area (Å²) in [5, 5.41) is 3.62. The molecule has 0 spiro atoms. The molecule has 3 aromatic carbocycles. The van der Waals surface area contributed by atoms with Crippen molar-refractivity contribution in [2.45, 2.75) is 6.54 Å². The fourth-order valence-electron chi connectivity index (χ4n) is 3.23. The van der Waals surface area contributed by atoms with Gasteiger partial charge in [-0.1, -0.05) is 40.9 Å². The van der Waals surface area contributed by atoms with Gasteiger partial charge in [-0.05, 0) is 48.5 Å². The summed E-state index contributed by atoms with van der Waals surface area (Å²) in [5.74, 6) is -0.609. The molecule has 4 rings (SSSR count). The molecule has 1 aliphatic heterocycles. The van der Waals surface area contributed by atoms with E-state index in [1.807, 2.05) is 0 Å². The van der Waals surface area contributed by atoms with Crippen LogP contribution in [0.15, 0.2) is 54.6 Å². The predicted molar refractivity (Wildman–Crippen MR) is 125 cm³/mol. The molecule has 0 unspecified atom stereocenters. The van der Waals surface area contributed by atoms with Crippen LogP contribution < -0.4 is 19.7 Å². The summed E-state index contributed by atoms with van der Waals surface area (Å²) in [4.78, 5) is 26.3. The van der Waals surface area contributed by atoms with Gasteiger partial charge in [0.05, 0.1) is 17.3 Å². The number of nitrogens with one attached hydrogen (secondary N) is 1. The quantitative estimate of drug-likeness (QED) is 0.461. The maximum atomic E-state index is 14.3. The van der Waals surface area contributed by atoms with Crippen LogP contribution in [0.1, 0.15) is 5.56 Å².